The third kappa shape index (κ3) is 4.17. The van der Waals surface area contributed by atoms with Crippen molar-refractivity contribution in [3.63, 3.8) is 0 Å². The Balaban J connectivity index is 1.68. The Morgan fingerprint density at radius 3 is 2.72 bits per heavy atom. The summed E-state index contributed by atoms with van der Waals surface area (Å²) in [5, 5.41) is 14.7. The Morgan fingerprint density at radius 2 is 2.12 bits per heavy atom. The standard InChI is InChI=1S/C18H22N2O5/c1-11-7-14(11)17(24)19-13-4-2-3-12(8-13)16(23)20-18(9-15(21)22)5-6-25-10-18/h2-4,8,11,14H,5-7,9-10H2,1H3,(H,19,24)(H,20,23)(H,21,22). The fourth-order valence-corrected chi connectivity index (χ4v) is 3.15. The molecule has 25 heavy (non-hydrogen) atoms. The molecule has 1 aromatic rings. The Hall–Kier alpha value is -2.41. The van der Waals surface area contributed by atoms with Crippen LogP contribution in [0.1, 0.15) is 36.5 Å². The monoisotopic (exact) mass is 346 g/mol. The van der Waals surface area contributed by atoms with Crippen molar-refractivity contribution in [2.45, 2.75) is 31.7 Å². The fraction of sp³-hybridized carbons (Fsp3) is 0.500. The van der Waals surface area contributed by atoms with E-state index in [1.54, 1.807) is 24.3 Å². The zero-order valence-corrected chi connectivity index (χ0v) is 14.1. The minimum absolute atomic E-state index is 0.0309. The average molecular weight is 346 g/mol. The first kappa shape index (κ1) is 17.4. The number of amides is 2. The molecule has 1 aliphatic heterocycles. The molecule has 0 spiro atoms. The third-order valence-corrected chi connectivity index (χ3v) is 4.81. The van der Waals surface area contributed by atoms with Gasteiger partial charge in [-0.3, -0.25) is 14.4 Å². The second-order valence-corrected chi connectivity index (χ2v) is 7.00. The number of ether oxygens (including phenoxy) is 1. The van der Waals surface area contributed by atoms with E-state index in [2.05, 4.69) is 10.6 Å². The van der Waals surface area contributed by atoms with E-state index in [1.807, 2.05) is 6.92 Å². The van der Waals surface area contributed by atoms with E-state index >= 15 is 0 Å². The molecule has 1 saturated heterocycles. The first-order chi connectivity index (χ1) is 11.9. The summed E-state index contributed by atoms with van der Waals surface area (Å²) in [5.41, 5.74) is 0.0519. The summed E-state index contributed by atoms with van der Waals surface area (Å²) in [6.07, 6.45) is 1.17. The predicted octanol–water partition coefficient (Wildman–Crippen LogP) is 1.64. The van der Waals surface area contributed by atoms with E-state index < -0.39 is 11.5 Å². The SMILES string of the molecule is CC1CC1C(=O)Nc1cccc(C(=O)NC2(CC(=O)O)CCOC2)c1. The van der Waals surface area contributed by atoms with Gasteiger partial charge in [-0.25, -0.2) is 0 Å². The maximum atomic E-state index is 12.6. The molecule has 2 aliphatic rings. The molecule has 7 nitrogen and oxygen atoms in total. The summed E-state index contributed by atoms with van der Waals surface area (Å²) in [6, 6.07) is 6.66. The van der Waals surface area contributed by atoms with Gasteiger partial charge in [-0.05, 0) is 37.0 Å². The van der Waals surface area contributed by atoms with Gasteiger partial charge < -0.3 is 20.5 Å². The minimum Gasteiger partial charge on any atom is -0.481 e. The van der Waals surface area contributed by atoms with Crippen molar-refractivity contribution in [3.8, 4) is 0 Å². The smallest absolute Gasteiger partial charge is 0.305 e. The van der Waals surface area contributed by atoms with Crippen molar-refractivity contribution in [3.05, 3.63) is 29.8 Å². The van der Waals surface area contributed by atoms with Gasteiger partial charge in [-0.15, -0.1) is 0 Å². The lowest BCUT2D eigenvalue weighted by Gasteiger charge is -2.27. The van der Waals surface area contributed by atoms with Crippen molar-refractivity contribution in [1.82, 2.24) is 5.32 Å². The Labute approximate surface area is 145 Å². The van der Waals surface area contributed by atoms with Crippen LogP contribution in [0.2, 0.25) is 0 Å². The van der Waals surface area contributed by atoms with Crippen LogP contribution < -0.4 is 10.6 Å². The zero-order valence-electron chi connectivity index (χ0n) is 14.1. The summed E-state index contributed by atoms with van der Waals surface area (Å²) in [4.78, 5) is 35.7. The lowest BCUT2D eigenvalue weighted by molar-refractivity contribution is -0.138. The van der Waals surface area contributed by atoms with Crippen LogP contribution in [0.5, 0.6) is 0 Å². The average Bonchev–Trinajstić information content (AvgIpc) is 3.12. The minimum atomic E-state index is -0.981. The second-order valence-electron chi connectivity index (χ2n) is 7.00. The number of anilines is 1. The molecular formula is C18H22N2O5. The molecule has 3 atom stereocenters. The Kier molecular flexibility index (Phi) is 4.76. The number of carboxylic acids is 1. The predicted molar refractivity (Wildman–Crippen MR) is 90.2 cm³/mol. The third-order valence-electron chi connectivity index (χ3n) is 4.81. The van der Waals surface area contributed by atoms with Gasteiger partial charge in [0.15, 0.2) is 0 Å². The number of benzene rings is 1. The van der Waals surface area contributed by atoms with E-state index in [-0.39, 0.29) is 30.8 Å². The van der Waals surface area contributed by atoms with Crippen LogP contribution in [0.15, 0.2) is 24.3 Å². The van der Waals surface area contributed by atoms with Gasteiger partial charge in [-0.1, -0.05) is 13.0 Å². The first-order valence-electron chi connectivity index (χ1n) is 8.41. The van der Waals surface area contributed by atoms with Crippen LogP contribution in [-0.2, 0) is 14.3 Å². The number of nitrogens with one attached hydrogen (secondary N) is 2. The number of rotatable bonds is 6. The molecule has 2 fully saturated rings. The van der Waals surface area contributed by atoms with Gasteiger partial charge >= 0.3 is 5.97 Å². The summed E-state index contributed by atoms with van der Waals surface area (Å²) in [7, 11) is 0. The molecule has 1 saturated carbocycles. The molecule has 1 aromatic carbocycles. The van der Waals surface area contributed by atoms with Gasteiger partial charge in [0.25, 0.3) is 5.91 Å². The molecule has 1 heterocycles. The van der Waals surface area contributed by atoms with Crippen LogP contribution in [0, 0.1) is 11.8 Å². The molecule has 134 valence electrons. The van der Waals surface area contributed by atoms with Crippen molar-refractivity contribution in [2.75, 3.05) is 18.5 Å². The second kappa shape index (κ2) is 6.84. The molecule has 3 rings (SSSR count). The number of hydrogen-bond donors (Lipinski definition) is 3. The van der Waals surface area contributed by atoms with E-state index in [4.69, 9.17) is 9.84 Å². The number of carbonyl (C=O) groups is 3. The molecule has 0 radical (unpaired) electrons. The first-order valence-corrected chi connectivity index (χ1v) is 8.41. The Morgan fingerprint density at radius 1 is 1.36 bits per heavy atom. The summed E-state index contributed by atoms with van der Waals surface area (Å²) >= 11 is 0. The lowest BCUT2D eigenvalue weighted by atomic mass is 9.93. The molecule has 1 aliphatic carbocycles. The summed E-state index contributed by atoms with van der Waals surface area (Å²) in [5.74, 6) is -0.929. The van der Waals surface area contributed by atoms with Gasteiger partial charge in [-0.2, -0.15) is 0 Å². The van der Waals surface area contributed by atoms with Crippen molar-refractivity contribution >= 4 is 23.5 Å². The van der Waals surface area contributed by atoms with Crippen LogP contribution in [0.3, 0.4) is 0 Å². The quantitative estimate of drug-likeness (QED) is 0.726. The zero-order chi connectivity index (χ0) is 18.0. The highest BCUT2D eigenvalue weighted by Gasteiger charge is 2.40. The van der Waals surface area contributed by atoms with Gasteiger partial charge in [0.1, 0.15) is 0 Å². The van der Waals surface area contributed by atoms with Gasteiger partial charge in [0, 0.05) is 23.8 Å². The van der Waals surface area contributed by atoms with E-state index in [9.17, 15) is 14.4 Å². The van der Waals surface area contributed by atoms with E-state index in [1.165, 1.54) is 0 Å². The van der Waals surface area contributed by atoms with Crippen LogP contribution >= 0.6 is 0 Å². The topological polar surface area (TPSA) is 105 Å². The normalized spacial score (nSPS) is 27.6. The Bertz CT molecular complexity index is 696. The lowest BCUT2D eigenvalue weighted by Crippen LogP contribution is -2.50. The van der Waals surface area contributed by atoms with Crippen molar-refractivity contribution in [2.24, 2.45) is 11.8 Å². The highest BCUT2D eigenvalue weighted by Crippen LogP contribution is 2.38. The van der Waals surface area contributed by atoms with Crippen LogP contribution in [0.25, 0.3) is 0 Å². The molecule has 7 heteroatoms. The van der Waals surface area contributed by atoms with Crippen LogP contribution in [-0.4, -0.2) is 41.6 Å². The molecule has 3 N–H and O–H groups in total. The van der Waals surface area contributed by atoms with Crippen molar-refractivity contribution < 1.29 is 24.2 Å². The van der Waals surface area contributed by atoms with Crippen molar-refractivity contribution in [1.29, 1.82) is 0 Å². The summed E-state index contributed by atoms with van der Waals surface area (Å²) in [6.45, 7) is 2.63. The molecule has 3 unspecified atom stereocenters. The number of hydrogen-bond acceptors (Lipinski definition) is 4. The van der Waals surface area contributed by atoms with Gasteiger partial charge in [0.2, 0.25) is 5.91 Å². The van der Waals surface area contributed by atoms with E-state index in [0.29, 0.717) is 30.2 Å². The highest BCUT2D eigenvalue weighted by atomic mass is 16.5. The maximum Gasteiger partial charge on any atom is 0.305 e. The van der Waals surface area contributed by atoms with E-state index in [0.717, 1.165) is 6.42 Å². The van der Waals surface area contributed by atoms with Crippen LogP contribution in [0.4, 0.5) is 5.69 Å². The highest BCUT2D eigenvalue weighted by molar-refractivity contribution is 5.98. The molecule has 0 bridgehead atoms. The summed E-state index contributed by atoms with van der Waals surface area (Å²) < 4.78 is 5.28. The van der Waals surface area contributed by atoms with Gasteiger partial charge in [0.05, 0.1) is 18.6 Å². The molecular weight excluding hydrogens is 324 g/mol. The largest absolute Gasteiger partial charge is 0.481 e. The maximum absolute atomic E-state index is 12.6. The number of aliphatic carboxylic acids is 1. The number of carboxylic acid groups (broad SMARTS) is 1. The molecule has 2 amide bonds. The molecule has 0 aromatic heterocycles. The number of carbonyl (C=O) groups excluding carboxylic acids is 2. The fourth-order valence-electron chi connectivity index (χ4n) is 3.15.